The first-order chi connectivity index (χ1) is 21.9. The summed E-state index contributed by atoms with van der Waals surface area (Å²) in [5, 5.41) is 0. The number of furan rings is 1. The van der Waals surface area contributed by atoms with E-state index in [1.54, 1.807) is 41.3 Å². The first-order valence-corrected chi connectivity index (χ1v) is 14.5. The van der Waals surface area contributed by atoms with Gasteiger partial charge in [-0.2, -0.15) is 13.2 Å². The average Bonchev–Trinajstić information content (AvgIpc) is 3.50. The van der Waals surface area contributed by atoms with Gasteiger partial charge < -0.3 is 19.8 Å². The lowest BCUT2D eigenvalue weighted by atomic mass is 10.1. The number of hydrogen-bond acceptors (Lipinski definition) is 8. The number of nitrogens with two attached hydrogens (primary N) is 1. The lowest BCUT2D eigenvalue weighted by Crippen LogP contribution is -2.51. The highest BCUT2D eigenvalue weighted by Crippen LogP contribution is 2.33. The van der Waals surface area contributed by atoms with E-state index in [-0.39, 0.29) is 23.7 Å². The fraction of sp³-hybridized carbons (Fsp3) is 0.344. The first kappa shape index (κ1) is 32.7. The van der Waals surface area contributed by atoms with E-state index >= 15 is 0 Å². The zero-order chi connectivity index (χ0) is 33.2. The molecule has 0 saturated carbocycles. The molecular formula is C32H33F4N5O5. The second-order valence-electron chi connectivity index (χ2n) is 11.0. The van der Waals surface area contributed by atoms with Gasteiger partial charge >= 0.3 is 17.8 Å². The zero-order valence-electron chi connectivity index (χ0n) is 25.2. The van der Waals surface area contributed by atoms with Gasteiger partial charge in [0.25, 0.3) is 5.56 Å². The van der Waals surface area contributed by atoms with Crippen LogP contribution < -0.4 is 21.9 Å². The number of ether oxygens (including phenoxy) is 1. The van der Waals surface area contributed by atoms with Crippen molar-refractivity contribution in [3.63, 3.8) is 0 Å². The summed E-state index contributed by atoms with van der Waals surface area (Å²) >= 11 is 0. The lowest BCUT2D eigenvalue weighted by molar-refractivity contribution is -0.138. The lowest BCUT2D eigenvalue weighted by Gasteiger charge is -2.36. The van der Waals surface area contributed by atoms with E-state index in [1.165, 1.54) is 20.1 Å². The second-order valence-corrected chi connectivity index (χ2v) is 11.0. The number of aromatic nitrogens is 2. The number of methoxy groups -OCH3 is 1. The third-order valence-electron chi connectivity index (χ3n) is 8.12. The molecule has 5 rings (SSSR count). The van der Waals surface area contributed by atoms with Gasteiger partial charge in [0.1, 0.15) is 17.3 Å². The number of carbonyl (C=O) groups is 1. The molecule has 1 fully saturated rings. The molecule has 2 N–H and O–H groups in total. The van der Waals surface area contributed by atoms with Gasteiger partial charge in [0.05, 0.1) is 32.3 Å². The molecule has 244 valence electrons. The van der Waals surface area contributed by atoms with Gasteiger partial charge in [-0.05, 0) is 36.8 Å². The number of alkyl halides is 3. The van der Waals surface area contributed by atoms with Gasteiger partial charge in [0, 0.05) is 43.5 Å². The molecule has 0 unspecified atom stereocenters. The highest BCUT2D eigenvalue weighted by molar-refractivity contribution is 5.86. The van der Waals surface area contributed by atoms with Gasteiger partial charge in [-0.15, -0.1) is 0 Å². The van der Waals surface area contributed by atoms with Gasteiger partial charge in [-0.25, -0.2) is 14.0 Å². The Labute approximate surface area is 261 Å². The molecule has 4 aromatic rings. The number of anilines is 1. The molecule has 0 aliphatic carbocycles. The van der Waals surface area contributed by atoms with Crippen LogP contribution in [0.2, 0.25) is 0 Å². The molecule has 2 aromatic carbocycles. The molecular weight excluding hydrogens is 610 g/mol. The topological polar surface area (TPSA) is 116 Å². The zero-order valence-corrected chi connectivity index (χ0v) is 25.2. The average molecular weight is 644 g/mol. The summed E-state index contributed by atoms with van der Waals surface area (Å²) < 4.78 is 68.8. The Morgan fingerprint density at radius 1 is 0.957 bits per heavy atom. The number of piperazine rings is 1. The van der Waals surface area contributed by atoms with Crippen LogP contribution in [-0.2, 0) is 30.5 Å². The summed E-state index contributed by atoms with van der Waals surface area (Å²) in [6, 6.07) is 13.8. The van der Waals surface area contributed by atoms with Crippen LogP contribution in [0.1, 0.15) is 44.7 Å². The Morgan fingerprint density at radius 3 is 2.30 bits per heavy atom. The summed E-state index contributed by atoms with van der Waals surface area (Å²) in [7, 11) is 1.25. The Bertz CT molecular complexity index is 1830. The van der Waals surface area contributed by atoms with E-state index in [1.807, 2.05) is 4.90 Å². The molecule has 0 bridgehead atoms. The SMILES string of the molecule is COC(=O)c1ccc(CN2CCN(c3c(C)n(Cc4c(F)cccc4C(F)(F)F)c(=O)n(C[C@H](N)c4ccccc4)c3=O)CC2)o1. The van der Waals surface area contributed by atoms with E-state index in [0.29, 0.717) is 44.0 Å². The van der Waals surface area contributed by atoms with Crippen molar-refractivity contribution in [1.29, 1.82) is 0 Å². The van der Waals surface area contributed by atoms with Crippen LogP contribution in [0.4, 0.5) is 23.2 Å². The van der Waals surface area contributed by atoms with Gasteiger partial charge in [-0.1, -0.05) is 36.4 Å². The fourth-order valence-electron chi connectivity index (χ4n) is 5.67. The number of esters is 1. The van der Waals surface area contributed by atoms with Crippen LogP contribution in [0.5, 0.6) is 0 Å². The molecule has 3 heterocycles. The maximum atomic E-state index is 14.9. The third kappa shape index (κ3) is 6.77. The maximum absolute atomic E-state index is 14.9. The quantitative estimate of drug-likeness (QED) is 0.216. The molecule has 1 aliphatic rings. The highest BCUT2D eigenvalue weighted by atomic mass is 19.4. The Kier molecular flexibility index (Phi) is 9.49. The summed E-state index contributed by atoms with van der Waals surface area (Å²) in [6.07, 6.45) is -4.87. The van der Waals surface area contributed by atoms with Crippen molar-refractivity contribution in [2.24, 2.45) is 5.73 Å². The summed E-state index contributed by atoms with van der Waals surface area (Å²) in [5.74, 6) is -1.10. The summed E-state index contributed by atoms with van der Waals surface area (Å²) in [6.45, 7) is 2.43. The second kappa shape index (κ2) is 13.3. The number of halogens is 4. The standard InChI is InChI=1S/C32H33F4N5O5/c1-20-28(39-15-13-38(14-16-39)17-22-11-12-27(46-22)30(43)45-2)29(42)41(19-26(37)21-7-4-3-5-8-21)31(44)40(20)18-23-24(32(34,35)36)9-6-10-25(23)33/h3-12,26H,13-19,37H2,1-2H3/t26-/m0/s1. The number of carbonyl (C=O) groups excluding carboxylic acids is 1. The third-order valence-corrected chi connectivity index (χ3v) is 8.12. The minimum Gasteiger partial charge on any atom is -0.463 e. The molecule has 1 atom stereocenters. The van der Waals surface area contributed by atoms with Crippen LogP contribution in [-0.4, -0.2) is 53.3 Å². The number of hydrogen-bond donors (Lipinski definition) is 1. The van der Waals surface area contributed by atoms with E-state index in [0.717, 1.165) is 27.3 Å². The van der Waals surface area contributed by atoms with Crippen molar-refractivity contribution in [2.45, 2.75) is 38.8 Å². The van der Waals surface area contributed by atoms with Gasteiger partial charge in [0.15, 0.2) is 0 Å². The molecule has 46 heavy (non-hydrogen) atoms. The fourth-order valence-corrected chi connectivity index (χ4v) is 5.67. The van der Waals surface area contributed by atoms with Gasteiger partial charge in [-0.3, -0.25) is 18.8 Å². The molecule has 0 radical (unpaired) electrons. The number of nitrogens with zero attached hydrogens (tertiary/aromatic N) is 4. The van der Waals surface area contributed by atoms with Crippen LogP contribution >= 0.6 is 0 Å². The molecule has 0 spiro atoms. The van der Waals surface area contributed by atoms with E-state index in [4.69, 9.17) is 10.2 Å². The van der Waals surface area contributed by atoms with Crippen LogP contribution in [0, 0.1) is 12.7 Å². The van der Waals surface area contributed by atoms with E-state index < -0.39 is 52.9 Å². The molecule has 14 heteroatoms. The molecule has 1 saturated heterocycles. The Balaban J connectivity index is 1.50. The number of rotatable bonds is 9. The summed E-state index contributed by atoms with van der Waals surface area (Å²) in [5.41, 5.74) is 3.81. The molecule has 1 aliphatic heterocycles. The van der Waals surface area contributed by atoms with Gasteiger partial charge in [0.2, 0.25) is 5.76 Å². The first-order valence-electron chi connectivity index (χ1n) is 14.5. The van der Waals surface area contributed by atoms with Crippen molar-refractivity contribution in [3.05, 3.63) is 121 Å². The minimum atomic E-state index is -4.87. The molecule has 2 aromatic heterocycles. The normalized spacial score (nSPS) is 14.8. The predicted molar refractivity (Wildman–Crippen MR) is 161 cm³/mol. The molecule has 10 nitrogen and oxygen atoms in total. The Hall–Kier alpha value is -4.69. The Morgan fingerprint density at radius 2 is 1.65 bits per heavy atom. The minimum absolute atomic E-state index is 0.0758. The van der Waals surface area contributed by atoms with Crippen molar-refractivity contribution in [1.82, 2.24) is 14.0 Å². The smallest absolute Gasteiger partial charge is 0.416 e. The van der Waals surface area contributed by atoms with Crippen molar-refractivity contribution in [2.75, 3.05) is 38.2 Å². The van der Waals surface area contributed by atoms with Crippen LogP contribution in [0.15, 0.2) is 74.7 Å². The van der Waals surface area contributed by atoms with E-state index in [9.17, 15) is 31.9 Å². The predicted octanol–water partition coefficient (Wildman–Crippen LogP) is 3.93. The maximum Gasteiger partial charge on any atom is 0.416 e. The highest BCUT2D eigenvalue weighted by Gasteiger charge is 2.35. The van der Waals surface area contributed by atoms with Crippen molar-refractivity contribution >= 4 is 11.7 Å². The largest absolute Gasteiger partial charge is 0.463 e. The van der Waals surface area contributed by atoms with Crippen LogP contribution in [0.3, 0.4) is 0 Å². The monoisotopic (exact) mass is 643 g/mol. The van der Waals surface area contributed by atoms with Crippen molar-refractivity contribution in [3.8, 4) is 0 Å². The summed E-state index contributed by atoms with van der Waals surface area (Å²) in [4.78, 5) is 43.3. The van der Waals surface area contributed by atoms with Crippen molar-refractivity contribution < 1.29 is 31.5 Å². The molecule has 0 amide bonds. The van der Waals surface area contributed by atoms with E-state index in [2.05, 4.69) is 4.74 Å². The number of benzene rings is 2. The van der Waals surface area contributed by atoms with Crippen LogP contribution in [0.25, 0.3) is 0 Å².